The zero-order chi connectivity index (χ0) is 13.3. The first-order chi connectivity index (χ1) is 8.51. The molecule has 18 heavy (non-hydrogen) atoms. The first kappa shape index (κ1) is 12.3. The summed E-state index contributed by atoms with van der Waals surface area (Å²) in [6.07, 6.45) is 1.30. The molecule has 0 saturated carbocycles. The van der Waals surface area contributed by atoms with Gasteiger partial charge in [0.15, 0.2) is 0 Å². The number of hydrogen-bond acceptors (Lipinski definition) is 4. The summed E-state index contributed by atoms with van der Waals surface area (Å²) in [6.45, 7) is 4.38. The van der Waals surface area contributed by atoms with Crippen LogP contribution in [-0.4, -0.2) is 9.55 Å². The molecule has 0 atom stereocenters. The van der Waals surface area contributed by atoms with Crippen LogP contribution < -0.4 is 11.2 Å². The van der Waals surface area contributed by atoms with Crippen LogP contribution in [0.4, 0.5) is 0 Å². The van der Waals surface area contributed by atoms with Gasteiger partial charge in [0.25, 0.3) is 5.56 Å². The first-order valence-corrected chi connectivity index (χ1v) is 6.12. The van der Waals surface area contributed by atoms with E-state index in [-0.39, 0.29) is 5.56 Å². The molecule has 0 bridgehead atoms. The topological polar surface area (TPSA) is 78.7 Å². The van der Waals surface area contributed by atoms with Gasteiger partial charge >= 0.3 is 5.69 Å². The van der Waals surface area contributed by atoms with Gasteiger partial charge in [-0.3, -0.25) is 14.3 Å². The molecule has 0 unspecified atom stereocenters. The van der Waals surface area contributed by atoms with Gasteiger partial charge in [-0.1, -0.05) is 0 Å². The molecule has 1 N–H and O–H groups in total. The van der Waals surface area contributed by atoms with Crippen LogP contribution in [0.1, 0.15) is 20.9 Å². The molecule has 6 heteroatoms. The van der Waals surface area contributed by atoms with Gasteiger partial charge in [0.2, 0.25) is 0 Å². The molecule has 0 fully saturated rings. The van der Waals surface area contributed by atoms with Crippen LogP contribution in [0, 0.1) is 25.2 Å². The molecule has 0 aliphatic heterocycles. The molecule has 0 spiro atoms. The third kappa shape index (κ3) is 2.26. The van der Waals surface area contributed by atoms with Gasteiger partial charge < -0.3 is 0 Å². The van der Waals surface area contributed by atoms with Gasteiger partial charge in [-0.15, -0.1) is 11.3 Å². The average molecular weight is 261 g/mol. The van der Waals surface area contributed by atoms with Crippen molar-refractivity contribution in [3.8, 4) is 6.07 Å². The molecule has 92 valence electrons. The highest BCUT2D eigenvalue weighted by atomic mass is 32.1. The lowest BCUT2D eigenvalue weighted by Crippen LogP contribution is -2.31. The maximum absolute atomic E-state index is 11.6. The SMILES string of the molecule is Cc1cc(Cn2cc(C#N)c(=O)[nH]c2=O)sc1C. The number of nitrogens with zero attached hydrogens (tertiary/aromatic N) is 2. The minimum atomic E-state index is -0.641. The highest BCUT2D eigenvalue weighted by Crippen LogP contribution is 2.20. The molecule has 2 rings (SSSR count). The molecule has 5 nitrogen and oxygen atoms in total. The quantitative estimate of drug-likeness (QED) is 0.880. The van der Waals surface area contributed by atoms with Gasteiger partial charge in [-0.05, 0) is 25.5 Å². The summed E-state index contributed by atoms with van der Waals surface area (Å²) in [6, 6.07) is 3.77. The van der Waals surface area contributed by atoms with Crippen LogP contribution in [0.2, 0.25) is 0 Å². The van der Waals surface area contributed by atoms with Crippen molar-refractivity contribution in [3.05, 3.63) is 54.0 Å². The molecule has 0 aliphatic carbocycles. The molecule has 0 aromatic carbocycles. The summed E-state index contributed by atoms with van der Waals surface area (Å²) in [4.78, 5) is 27.2. The molecule has 0 aliphatic rings. The Morgan fingerprint density at radius 3 is 2.72 bits per heavy atom. The van der Waals surface area contributed by atoms with Crippen LogP contribution in [0.15, 0.2) is 21.9 Å². The second-order valence-electron chi connectivity index (χ2n) is 3.99. The Kier molecular flexibility index (Phi) is 3.17. The van der Waals surface area contributed by atoms with E-state index in [0.717, 1.165) is 4.88 Å². The summed E-state index contributed by atoms with van der Waals surface area (Å²) in [5.41, 5.74) is -0.0208. The van der Waals surface area contributed by atoms with Crippen molar-refractivity contribution >= 4 is 11.3 Å². The van der Waals surface area contributed by atoms with Crippen molar-refractivity contribution in [3.63, 3.8) is 0 Å². The molecule has 0 radical (unpaired) electrons. The van der Waals surface area contributed by atoms with E-state index in [2.05, 4.69) is 4.98 Å². The van der Waals surface area contributed by atoms with E-state index in [1.165, 1.54) is 21.2 Å². The summed E-state index contributed by atoms with van der Waals surface area (Å²) in [5, 5.41) is 8.77. The highest BCUT2D eigenvalue weighted by Gasteiger charge is 2.07. The number of rotatable bonds is 2. The summed E-state index contributed by atoms with van der Waals surface area (Å²) in [5.74, 6) is 0. The molecular weight excluding hydrogens is 250 g/mol. The largest absolute Gasteiger partial charge is 0.328 e. The van der Waals surface area contributed by atoms with Crippen LogP contribution in [0.3, 0.4) is 0 Å². The predicted octanol–water partition coefficient (Wildman–Crippen LogP) is 1.13. The Balaban J connectivity index is 2.44. The second kappa shape index (κ2) is 4.63. The Hall–Kier alpha value is -2.13. The number of H-pyrrole nitrogens is 1. The van der Waals surface area contributed by atoms with Crippen molar-refractivity contribution in [2.75, 3.05) is 0 Å². The third-order valence-corrected chi connectivity index (χ3v) is 3.81. The first-order valence-electron chi connectivity index (χ1n) is 5.31. The van der Waals surface area contributed by atoms with E-state index in [9.17, 15) is 9.59 Å². The normalized spacial score (nSPS) is 10.3. The van der Waals surface area contributed by atoms with Crippen LogP contribution >= 0.6 is 11.3 Å². The van der Waals surface area contributed by atoms with Crippen molar-refractivity contribution in [1.82, 2.24) is 9.55 Å². The van der Waals surface area contributed by atoms with Crippen molar-refractivity contribution < 1.29 is 0 Å². The van der Waals surface area contributed by atoms with Crippen molar-refractivity contribution in [2.24, 2.45) is 0 Å². The zero-order valence-electron chi connectivity index (χ0n) is 9.98. The lowest BCUT2D eigenvalue weighted by Gasteiger charge is -2.02. The molecule has 2 aromatic rings. The lowest BCUT2D eigenvalue weighted by molar-refractivity contribution is 0.725. The molecule has 0 saturated heterocycles. The van der Waals surface area contributed by atoms with E-state index in [4.69, 9.17) is 5.26 Å². The zero-order valence-corrected chi connectivity index (χ0v) is 10.8. The fourth-order valence-corrected chi connectivity index (χ4v) is 2.65. The minimum absolute atomic E-state index is 0.0559. The van der Waals surface area contributed by atoms with E-state index in [1.807, 2.05) is 19.9 Å². The van der Waals surface area contributed by atoms with Crippen molar-refractivity contribution in [2.45, 2.75) is 20.4 Å². The van der Waals surface area contributed by atoms with Gasteiger partial charge in [-0.25, -0.2) is 4.79 Å². The van der Waals surface area contributed by atoms with E-state index in [0.29, 0.717) is 6.54 Å². The van der Waals surface area contributed by atoms with Crippen LogP contribution in [0.25, 0.3) is 0 Å². The van der Waals surface area contributed by atoms with Crippen molar-refractivity contribution in [1.29, 1.82) is 5.26 Å². The van der Waals surface area contributed by atoms with Gasteiger partial charge in [0, 0.05) is 16.0 Å². The van der Waals surface area contributed by atoms with Gasteiger partial charge in [0.1, 0.15) is 11.6 Å². The Labute approximate surface area is 107 Å². The predicted molar refractivity (Wildman–Crippen MR) is 68.9 cm³/mol. The maximum atomic E-state index is 11.6. The monoisotopic (exact) mass is 261 g/mol. The standard InChI is InChI=1S/C12H11N3O2S/c1-7-3-10(18-8(7)2)6-15-5-9(4-13)11(16)14-12(15)17/h3,5H,6H2,1-2H3,(H,14,16,17). The van der Waals surface area contributed by atoms with Crippen LogP contribution in [0.5, 0.6) is 0 Å². The number of aryl methyl sites for hydroxylation is 2. The Morgan fingerprint density at radius 1 is 1.44 bits per heavy atom. The second-order valence-corrected chi connectivity index (χ2v) is 5.33. The smallest absolute Gasteiger partial charge is 0.294 e. The van der Waals surface area contributed by atoms with Crippen LogP contribution in [-0.2, 0) is 6.54 Å². The van der Waals surface area contributed by atoms with Gasteiger partial charge in [-0.2, -0.15) is 5.26 Å². The minimum Gasteiger partial charge on any atom is -0.294 e. The van der Waals surface area contributed by atoms with E-state index >= 15 is 0 Å². The number of hydrogen-bond donors (Lipinski definition) is 1. The fraction of sp³-hybridized carbons (Fsp3) is 0.250. The highest BCUT2D eigenvalue weighted by molar-refractivity contribution is 7.12. The fourth-order valence-electron chi connectivity index (χ4n) is 1.60. The number of nitriles is 1. The van der Waals surface area contributed by atoms with E-state index in [1.54, 1.807) is 17.4 Å². The molecule has 2 heterocycles. The Bertz CT molecular complexity index is 726. The summed E-state index contributed by atoms with van der Waals surface area (Å²) < 4.78 is 1.34. The number of aromatic amines is 1. The maximum Gasteiger partial charge on any atom is 0.328 e. The van der Waals surface area contributed by atoms with Gasteiger partial charge in [0.05, 0.1) is 6.54 Å². The number of thiophene rings is 1. The molecule has 0 amide bonds. The number of aromatic nitrogens is 2. The third-order valence-electron chi connectivity index (χ3n) is 2.67. The molecular formula is C12H11N3O2S. The van der Waals surface area contributed by atoms with E-state index < -0.39 is 11.2 Å². The summed E-state index contributed by atoms with van der Waals surface area (Å²) >= 11 is 1.60. The summed E-state index contributed by atoms with van der Waals surface area (Å²) in [7, 11) is 0. The Morgan fingerprint density at radius 2 is 2.17 bits per heavy atom. The molecule has 2 aromatic heterocycles. The average Bonchev–Trinajstić information content (AvgIpc) is 2.62. The number of nitrogens with one attached hydrogen (secondary N) is 1. The lowest BCUT2D eigenvalue weighted by atomic mass is 10.3.